The molecule has 1 aromatic carbocycles. The number of hydrogen-bond donors (Lipinski definition) is 2. The molecule has 0 aliphatic heterocycles. The molecule has 1 aromatic heterocycles. The first kappa shape index (κ1) is 14.0. The summed E-state index contributed by atoms with van der Waals surface area (Å²) in [5, 5.41) is 10.0. The summed E-state index contributed by atoms with van der Waals surface area (Å²) in [4.78, 5) is 11.8. The smallest absolute Gasteiger partial charge is 0.243 e. The van der Waals surface area contributed by atoms with Gasteiger partial charge in [0.25, 0.3) is 0 Å². The van der Waals surface area contributed by atoms with Crippen molar-refractivity contribution >= 4 is 17.3 Å². The molecule has 6 heteroatoms. The molecule has 1 heterocycles. The molecule has 5 nitrogen and oxygen atoms in total. The summed E-state index contributed by atoms with van der Waals surface area (Å²) >= 11 is 0. The van der Waals surface area contributed by atoms with Gasteiger partial charge in [-0.3, -0.25) is 9.48 Å². The normalized spacial score (nSPS) is 10.3. The molecule has 106 valence electrons. The Bertz CT molecular complexity index is 592. The first-order valence-electron chi connectivity index (χ1n) is 6.40. The zero-order valence-electron chi connectivity index (χ0n) is 11.5. The van der Waals surface area contributed by atoms with E-state index in [1.807, 2.05) is 20.2 Å². The fraction of sp³-hybridized carbons (Fsp3) is 0.286. The molecule has 0 aliphatic carbocycles. The van der Waals surface area contributed by atoms with Crippen LogP contribution in [0.25, 0.3) is 0 Å². The van der Waals surface area contributed by atoms with Crippen molar-refractivity contribution in [1.29, 1.82) is 0 Å². The van der Waals surface area contributed by atoms with Crippen LogP contribution in [0.5, 0.6) is 0 Å². The van der Waals surface area contributed by atoms with Crippen molar-refractivity contribution < 1.29 is 9.18 Å². The number of aromatic nitrogens is 2. The number of carbonyl (C=O) groups excluding carboxylic acids is 1. The van der Waals surface area contributed by atoms with Gasteiger partial charge in [0, 0.05) is 18.9 Å². The molecular weight excluding hydrogens is 259 g/mol. The molecule has 0 spiro atoms. The van der Waals surface area contributed by atoms with Crippen LogP contribution in [0.1, 0.15) is 12.6 Å². The second-order valence-electron chi connectivity index (χ2n) is 4.43. The van der Waals surface area contributed by atoms with Crippen LogP contribution in [0.4, 0.5) is 15.8 Å². The second-order valence-corrected chi connectivity index (χ2v) is 4.43. The third-order valence-corrected chi connectivity index (χ3v) is 2.81. The van der Waals surface area contributed by atoms with Crippen LogP contribution in [0.3, 0.4) is 0 Å². The molecule has 2 N–H and O–H groups in total. The maximum Gasteiger partial charge on any atom is 0.243 e. The van der Waals surface area contributed by atoms with E-state index in [0.29, 0.717) is 5.69 Å². The highest BCUT2D eigenvalue weighted by Gasteiger charge is 2.07. The third-order valence-electron chi connectivity index (χ3n) is 2.81. The van der Waals surface area contributed by atoms with Gasteiger partial charge in [-0.1, -0.05) is 6.92 Å². The van der Waals surface area contributed by atoms with Crippen LogP contribution in [0.2, 0.25) is 0 Å². The third kappa shape index (κ3) is 3.57. The van der Waals surface area contributed by atoms with E-state index in [-0.39, 0.29) is 18.3 Å². The van der Waals surface area contributed by atoms with Crippen LogP contribution < -0.4 is 10.6 Å². The Morgan fingerprint density at radius 1 is 1.35 bits per heavy atom. The van der Waals surface area contributed by atoms with E-state index in [1.165, 1.54) is 24.3 Å². The molecule has 1 amide bonds. The van der Waals surface area contributed by atoms with Crippen molar-refractivity contribution in [3.8, 4) is 0 Å². The fourth-order valence-electron chi connectivity index (χ4n) is 1.86. The zero-order valence-corrected chi connectivity index (χ0v) is 11.5. The quantitative estimate of drug-likeness (QED) is 0.880. The molecule has 2 aromatic rings. The van der Waals surface area contributed by atoms with E-state index in [2.05, 4.69) is 15.7 Å². The van der Waals surface area contributed by atoms with Crippen molar-refractivity contribution in [3.05, 3.63) is 42.0 Å². The summed E-state index contributed by atoms with van der Waals surface area (Å²) in [5.41, 5.74) is 2.34. The molecule has 0 atom stereocenters. The van der Waals surface area contributed by atoms with Gasteiger partial charge in [0.1, 0.15) is 5.82 Å². The summed E-state index contributed by atoms with van der Waals surface area (Å²) < 4.78 is 14.5. The maximum absolute atomic E-state index is 12.7. The number of benzene rings is 1. The number of halogens is 1. The lowest BCUT2D eigenvalue weighted by Crippen LogP contribution is -2.21. The average molecular weight is 276 g/mol. The van der Waals surface area contributed by atoms with Crippen LogP contribution in [-0.2, 0) is 18.3 Å². The molecule has 20 heavy (non-hydrogen) atoms. The predicted octanol–water partition coefficient (Wildman–Crippen LogP) is 2.17. The number of aryl methyl sites for hydroxylation is 2. The molecule has 0 aliphatic rings. The maximum atomic E-state index is 12.7. The molecule has 0 saturated carbocycles. The molecular formula is C14H17FN4O. The van der Waals surface area contributed by atoms with Gasteiger partial charge >= 0.3 is 0 Å². The van der Waals surface area contributed by atoms with E-state index < -0.39 is 0 Å². The fourth-order valence-corrected chi connectivity index (χ4v) is 1.86. The Morgan fingerprint density at radius 3 is 2.70 bits per heavy atom. The number of hydrogen-bond acceptors (Lipinski definition) is 3. The number of carbonyl (C=O) groups is 1. The minimum Gasteiger partial charge on any atom is -0.373 e. The van der Waals surface area contributed by atoms with Gasteiger partial charge in [-0.2, -0.15) is 5.10 Å². The topological polar surface area (TPSA) is 59.0 Å². The Labute approximate surface area is 116 Å². The number of rotatable bonds is 5. The highest BCUT2D eigenvalue weighted by Crippen LogP contribution is 2.13. The van der Waals surface area contributed by atoms with E-state index in [9.17, 15) is 9.18 Å². The molecule has 0 unspecified atom stereocenters. The van der Waals surface area contributed by atoms with Crippen molar-refractivity contribution in [3.63, 3.8) is 0 Å². The Morgan fingerprint density at radius 2 is 2.05 bits per heavy atom. The lowest BCUT2D eigenvalue weighted by molar-refractivity contribution is -0.114. The minimum absolute atomic E-state index is 0.135. The van der Waals surface area contributed by atoms with Crippen molar-refractivity contribution in [2.45, 2.75) is 13.3 Å². The molecule has 0 bridgehead atoms. The monoisotopic (exact) mass is 276 g/mol. The van der Waals surface area contributed by atoms with E-state index >= 15 is 0 Å². The summed E-state index contributed by atoms with van der Waals surface area (Å²) in [6, 6.07) is 5.66. The second kappa shape index (κ2) is 6.18. The Hall–Kier alpha value is -2.37. The largest absolute Gasteiger partial charge is 0.373 e. The van der Waals surface area contributed by atoms with Crippen molar-refractivity contribution in [1.82, 2.24) is 9.78 Å². The zero-order chi connectivity index (χ0) is 14.5. The van der Waals surface area contributed by atoms with E-state index in [4.69, 9.17) is 0 Å². The lowest BCUT2D eigenvalue weighted by Gasteiger charge is -2.07. The average Bonchev–Trinajstić information content (AvgIpc) is 2.79. The highest BCUT2D eigenvalue weighted by atomic mass is 19.1. The van der Waals surface area contributed by atoms with Gasteiger partial charge < -0.3 is 10.6 Å². The summed E-state index contributed by atoms with van der Waals surface area (Å²) in [6.07, 6.45) is 2.63. The predicted molar refractivity (Wildman–Crippen MR) is 76.1 cm³/mol. The van der Waals surface area contributed by atoms with E-state index in [1.54, 1.807) is 4.68 Å². The van der Waals surface area contributed by atoms with Crippen LogP contribution in [0.15, 0.2) is 30.5 Å². The van der Waals surface area contributed by atoms with Crippen LogP contribution >= 0.6 is 0 Å². The van der Waals surface area contributed by atoms with Gasteiger partial charge in [-0.25, -0.2) is 4.39 Å². The number of nitrogens with one attached hydrogen (secondary N) is 2. The molecule has 0 fully saturated rings. The van der Waals surface area contributed by atoms with Crippen LogP contribution in [0, 0.1) is 5.82 Å². The van der Waals surface area contributed by atoms with Gasteiger partial charge in [-0.15, -0.1) is 0 Å². The first-order chi connectivity index (χ1) is 9.58. The van der Waals surface area contributed by atoms with Gasteiger partial charge in [0.15, 0.2) is 0 Å². The van der Waals surface area contributed by atoms with E-state index in [0.717, 1.165) is 17.8 Å². The van der Waals surface area contributed by atoms with Crippen LogP contribution in [-0.4, -0.2) is 22.2 Å². The molecule has 0 saturated heterocycles. The lowest BCUT2D eigenvalue weighted by atomic mass is 10.3. The van der Waals surface area contributed by atoms with Gasteiger partial charge in [-0.05, 0) is 30.7 Å². The van der Waals surface area contributed by atoms with Gasteiger partial charge in [0.2, 0.25) is 5.91 Å². The van der Waals surface area contributed by atoms with Gasteiger partial charge in [0.05, 0.1) is 17.9 Å². The number of anilines is 2. The minimum atomic E-state index is -0.330. The highest BCUT2D eigenvalue weighted by molar-refractivity contribution is 5.93. The number of nitrogens with zero attached hydrogens (tertiary/aromatic N) is 2. The standard InChI is InChI=1S/C14H17FN4O/c1-3-12-13(9-19(2)18-12)16-8-14(20)17-11-6-4-10(15)5-7-11/h4-7,9,16H,3,8H2,1-2H3,(H,17,20). The van der Waals surface area contributed by atoms with Crippen molar-refractivity contribution in [2.75, 3.05) is 17.2 Å². The summed E-state index contributed by atoms with van der Waals surface area (Å²) in [7, 11) is 1.84. The Kier molecular flexibility index (Phi) is 4.34. The number of amides is 1. The SMILES string of the molecule is CCc1nn(C)cc1NCC(=O)Nc1ccc(F)cc1. The van der Waals surface area contributed by atoms with Crippen molar-refractivity contribution in [2.24, 2.45) is 7.05 Å². The summed E-state index contributed by atoms with van der Waals surface area (Å²) in [5.74, 6) is -0.522. The molecule has 0 radical (unpaired) electrons. The molecule has 2 rings (SSSR count). The Balaban J connectivity index is 1.90. The summed E-state index contributed by atoms with van der Waals surface area (Å²) in [6.45, 7) is 2.14. The first-order valence-corrected chi connectivity index (χ1v) is 6.40.